The Morgan fingerprint density at radius 1 is 1.22 bits per heavy atom. The summed E-state index contributed by atoms with van der Waals surface area (Å²) in [6.07, 6.45) is -0.438. The smallest absolute Gasteiger partial charge is 0.311 e. The second-order valence-corrected chi connectivity index (χ2v) is 12.3. The van der Waals surface area contributed by atoms with Gasteiger partial charge in [0.15, 0.2) is 8.32 Å². The highest BCUT2D eigenvalue weighted by atomic mass is 28.4. The fraction of sp³-hybridized carbons (Fsp3) is 0.611. The highest BCUT2D eigenvalue weighted by Crippen LogP contribution is 2.36. The van der Waals surface area contributed by atoms with Crippen LogP contribution in [0.15, 0.2) is 30.3 Å². The van der Waals surface area contributed by atoms with Crippen molar-refractivity contribution < 1.29 is 19.1 Å². The minimum Gasteiger partial charge on any atom is -0.469 e. The number of aliphatic hydroxyl groups is 1. The number of methoxy groups -OCH3 is 1. The summed E-state index contributed by atoms with van der Waals surface area (Å²) < 4.78 is 10.9. The lowest BCUT2D eigenvalue weighted by Crippen LogP contribution is -2.44. The Labute approximate surface area is 140 Å². The quantitative estimate of drug-likeness (QED) is 0.611. The molecule has 23 heavy (non-hydrogen) atoms. The van der Waals surface area contributed by atoms with Crippen molar-refractivity contribution in [3.05, 3.63) is 35.9 Å². The van der Waals surface area contributed by atoms with Crippen LogP contribution in [0.2, 0.25) is 18.1 Å². The number of esters is 1. The third kappa shape index (κ3) is 5.75. The number of hydrogen-bond acceptors (Lipinski definition) is 4. The fourth-order valence-electron chi connectivity index (χ4n) is 2.02. The molecule has 0 bridgehead atoms. The van der Waals surface area contributed by atoms with Gasteiger partial charge in [0.1, 0.15) is 0 Å². The van der Waals surface area contributed by atoms with Crippen molar-refractivity contribution >= 4 is 14.3 Å². The van der Waals surface area contributed by atoms with Crippen LogP contribution in [0.25, 0.3) is 0 Å². The van der Waals surface area contributed by atoms with E-state index in [9.17, 15) is 9.90 Å². The van der Waals surface area contributed by atoms with Gasteiger partial charge in [-0.1, -0.05) is 51.1 Å². The van der Waals surface area contributed by atoms with Gasteiger partial charge in [-0.25, -0.2) is 0 Å². The third-order valence-electron chi connectivity index (χ3n) is 4.69. The molecule has 1 N–H and O–H groups in total. The molecule has 0 aliphatic rings. The largest absolute Gasteiger partial charge is 0.469 e. The van der Waals surface area contributed by atoms with Crippen molar-refractivity contribution in [3.8, 4) is 0 Å². The van der Waals surface area contributed by atoms with Crippen molar-refractivity contribution in [2.45, 2.75) is 51.4 Å². The summed E-state index contributed by atoms with van der Waals surface area (Å²) >= 11 is 0. The van der Waals surface area contributed by atoms with E-state index in [2.05, 4.69) is 33.9 Å². The normalized spacial score (nSPS) is 15.1. The Morgan fingerprint density at radius 3 is 2.26 bits per heavy atom. The Hall–Kier alpha value is -1.17. The first-order valence-corrected chi connectivity index (χ1v) is 10.9. The zero-order valence-electron chi connectivity index (χ0n) is 15.1. The predicted octanol–water partition coefficient (Wildman–Crippen LogP) is 3.40. The van der Waals surface area contributed by atoms with Crippen molar-refractivity contribution in [1.82, 2.24) is 0 Å². The number of benzene rings is 1. The molecule has 0 fully saturated rings. The zero-order valence-corrected chi connectivity index (χ0v) is 16.1. The van der Waals surface area contributed by atoms with E-state index in [0.717, 1.165) is 5.56 Å². The lowest BCUT2D eigenvalue weighted by Gasteiger charge is -2.37. The van der Waals surface area contributed by atoms with Crippen LogP contribution in [0.5, 0.6) is 0 Å². The first kappa shape index (κ1) is 19.9. The number of aliphatic hydroxyl groups excluding tert-OH is 1. The van der Waals surface area contributed by atoms with Crippen LogP contribution in [0.4, 0.5) is 0 Å². The standard InChI is InChI=1S/C18H30O4Si/c1-18(2,3)23(5,6)22-13-16(19)15(17(20)21-4)12-14-10-8-7-9-11-14/h7-11,15-16,19H,12-13H2,1-6H3/t15-,16-/m1/s1. The summed E-state index contributed by atoms with van der Waals surface area (Å²) in [6.45, 7) is 10.9. The molecule has 0 aliphatic heterocycles. The molecule has 0 spiro atoms. The Morgan fingerprint density at radius 2 is 1.78 bits per heavy atom. The van der Waals surface area contributed by atoms with Crippen molar-refractivity contribution in [1.29, 1.82) is 0 Å². The third-order valence-corrected chi connectivity index (χ3v) is 9.19. The highest BCUT2D eigenvalue weighted by Gasteiger charge is 2.38. The Bertz CT molecular complexity index is 493. The van der Waals surface area contributed by atoms with E-state index in [-0.39, 0.29) is 11.6 Å². The van der Waals surface area contributed by atoms with E-state index in [1.807, 2.05) is 30.3 Å². The molecule has 0 aromatic heterocycles. The first-order valence-electron chi connectivity index (χ1n) is 8.02. The van der Waals surface area contributed by atoms with Crippen molar-refractivity contribution in [3.63, 3.8) is 0 Å². The van der Waals surface area contributed by atoms with Gasteiger partial charge in [0.2, 0.25) is 0 Å². The second-order valence-electron chi connectivity index (χ2n) is 7.46. The van der Waals surface area contributed by atoms with Gasteiger partial charge >= 0.3 is 5.97 Å². The lowest BCUT2D eigenvalue weighted by molar-refractivity contribution is -0.150. The second kappa shape index (κ2) is 8.08. The van der Waals surface area contributed by atoms with Crippen LogP contribution in [-0.2, 0) is 20.4 Å². The average Bonchev–Trinajstić information content (AvgIpc) is 2.49. The van der Waals surface area contributed by atoms with E-state index < -0.39 is 26.3 Å². The number of carbonyl (C=O) groups is 1. The van der Waals surface area contributed by atoms with E-state index >= 15 is 0 Å². The minimum absolute atomic E-state index is 0.0624. The molecule has 4 nitrogen and oxygen atoms in total. The van der Waals surface area contributed by atoms with Gasteiger partial charge in [0.25, 0.3) is 0 Å². The lowest BCUT2D eigenvalue weighted by atomic mass is 9.94. The molecule has 0 radical (unpaired) electrons. The van der Waals surface area contributed by atoms with Crippen LogP contribution in [-0.4, -0.2) is 39.2 Å². The van der Waals surface area contributed by atoms with Crippen LogP contribution in [0.1, 0.15) is 26.3 Å². The molecule has 1 aromatic rings. The van der Waals surface area contributed by atoms with E-state index in [4.69, 9.17) is 9.16 Å². The average molecular weight is 339 g/mol. The number of rotatable bonds is 7. The fourth-order valence-corrected chi connectivity index (χ4v) is 3.04. The highest BCUT2D eigenvalue weighted by molar-refractivity contribution is 6.74. The summed E-state index contributed by atoms with van der Waals surface area (Å²) in [4.78, 5) is 12.1. The molecule has 2 atom stereocenters. The molecular formula is C18H30O4Si. The van der Waals surface area contributed by atoms with Crippen molar-refractivity contribution in [2.24, 2.45) is 5.92 Å². The molecule has 1 aromatic carbocycles. The maximum Gasteiger partial charge on any atom is 0.311 e. The maximum absolute atomic E-state index is 12.1. The predicted molar refractivity (Wildman–Crippen MR) is 94.8 cm³/mol. The summed E-state index contributed by atoms with van der Waals surface area (Å²) in [5.41, 5.74) is 0.995. The molecule has 0 saturated carbocycles. The van der Waals surface area contributed by atoms with Gasteiger partial charge < -0.3 is 14.3 Å². The summed E-state index contributed by atoms with van der Waals surface area (Å²) in [5.74, 6) is -1.02. The van der Waals surface area contributed by atoms with Gasteiger partial charge in [-0.3, -0.25) is 4.79 Å². The molecule has 0 amide bonds. The van der Waals surface area contributed by atoms with E-state index in [1.54, 1.807) is 0 Å². The molecule has 1 rings (SSSR count). The summed E-state index contributed by atoms with van der Waals surface area (Å²) in [6, 6.07) is 9.65. The Kier molecular flexibility index (Phi) is 6.98. The number of hydrogen-bond donors (Lipinski definition) is 1. The van der Waals surface area contributed by atoms with Gasteiger partial charge in [0, 0.05) is 0 Å². The summed E-state index contributed by atoms with van der Waals surface area (Å²) in [5, 5.41) is 10.6. The van der Waals surface area contributed by atoms with Gasteiger partial charge in [-0.05, 0) is 30.1 Å². The van der Waals surface area contributed by atoms with Crippen molar-refractivity contribution in [2.75, 3.05) is 13.7 Å². The maximum atomic E-state index is 12.1. The van der Waals surface area contributed by atoms with E-state index in [0.29, 0.717) is 6.42 Å². The number of ether oxygens (including phenoxy) is 1. The minimum atomic E-state index is -1.96. The monoisotopic (exact) mass is 338 g/mol. The number of carbonyl (C=O) groups excluding carboxylic acids is 1. The SMILES string of the molecule is COC(=O)[C@H](Cc1ccccc1)[C@H](O)CO[Si](C)(C)C(C)(C)C. The van der Waals surface area contributed by atoms with Crippen LogP contribution < -0.4 is 0 Å². The molecule has 130 valence electrons. The van der Waals surface area contributed by atoms with Gasteiger partial charge in [0.05, 0.1) is 25.7 Å². The van der Waals surface area contributed by atoms with Crippen LogP contribution in [0.3, 0.4) is 0 Å². The molecule has 5 heteroatoms. The summed E-state index contributed by atoms with van der Waals surface area (Å²) in [7, 11) is -0.614. The van der Waals surface area contributed by atoms with Crippen LogP contribution in [0, 0.1) is 5.92 Å². The van der Waals surface area contributed by atoms with Gasteiger partial charge in [-0.15, -0.1) is 0 Å². The zero-order chi connectivity index (χ0) is 17.7. The Balaban J connectivity index is 2.77. The molecular weight excluding hydrogens is 308 g/mol. The molecule has 0 saturated heterocycles. The van der Waals surface area contributed by atoms with Gasteiger partial charge in [-0.2, -0.15) is 0 Å². The molecule has 0 aliphatic carbocycles. The first-order chi connectivity index (χ1) is 10.6. The molecule has 0 heterocycles. The van der Waals surface area contributed by atoms with Crippen LogP contribution >= 0.6 is 0 Å². The van der Waals surface area contributed by atoms with E-state index in [1.165, 1.54) is 7.11 Å². The topological polar surface area (TPSA) is 55.8 Å². The molecule has 0 unspecified atom stereocenters.